The van der Waals surface area contributed by atoms with E-state index in [1.165, 1.54) is 29.6 Å². The molecule has 1 unspecified atom stereocenters. The summed E-state index contributed by atoms with van der Waals surface area (Å²) in [4.78, 5) is 11.7. The Bertz CT molecular complexity index is 634. The summed E-state index contributed by atoms with van der Waals surface area (Å²) in [5.41, 5.74) is 0. The zero-order valence-electron chi connectivity index (χ0n) is 10.8. The van der Waals surface area contributed by atoms with E-state index in [9.17, 15) is 13.2 Å². The first-order valence-corrected chi connectivity index (χ1v) is 8.26. The molecule has 1 aliphatic heterocycles. The molecule has 1 saturated heterocycles. The summed E-state index contributed by atoms with van der Waals surface area (Å²) < 4.78 is 26.5. The molecular weight excluding hydrogens is 323 g/mol. The minimum Gasteiger partial charge on any atom is -0.358 e. The summed E-state index contributed by atoms with van der Waals surface area (Å²) in [7, 11) is -2.36. The van der Waals surface area contributed by atoms with E-state index in [0.29, 0.717) is 19.4 Å². The van der Waals surface area contributed by atoms with Gasteiger partial charge in [-0.1, -0.05) is 23.2 Å². The Morgan fingerprint density at radius 1 is 1.40 bits per heavy atom. The minimum atomic E-state index is -3.84. The number of nitrogens with one attached hydrogen (secondary N) is 1. The van der Waals surface area contributed by atoms with E-state index in [-0.39, 0.29) is 20.8 Å². The van der Waals surface area contributed by atoms with Crippen molar-refractivity contribution in [2.45, 2.75) is 23.8 Å². The van der Waals surface area contributed by atoms with E-state index >= 15 is 0 Å². The van der Waals surface area contributed by atoms with Gasteiger partial charge in [-0.15, -0.1) is 0 Å². The Morgan fingerprint density at radius 3 is 2.75 bits per heavy atom. The van der Waals surface area contributed by atoms with Crippen LogP contribution in [0.5, 0.6) is 0 Å². The van der Waals surface area contributed by atoms with Crippen LogP contribution in [0.3, 0.4) is 0 Å². The second-order valence-corrected chi connectivity index (χ2v) is 7.17. The lowest BCUT2D eigenvalue weighted by atomic mass is 10.2. The number of likely N-dealkylation sites (N-methyl/N-ethyl adjacent to an activating group) is 1. The Labute approximate surface area is 127 Å². The largest absolute Gasteiger partial charge is 0.358 e. The van der Waals surface area contributed by atoms with Gasteiger partial charge in [-0.3, -0.25) is 4.79 Å². The van der Waals surface area contributed by atoms with Gasteiger partial charge in [-0.25, -0.2) is 8.42 Å². The van der Waals surface area contributed by atoms with Crippen molar-refractivity contribution in [1.29, 1.82) is 0 Å². The molecule has 1 aromatic rings. The smallest absolute Gasteiger partial charge is 0.245 e. The van der Waals surface area contributed by atoms with Crippen molar-refractivity contribution < 1.29 is 13.2 Å². The maximum atomic E-state index is 12.6. The summed E-state index contributed by atoms with van der Waals surface area (Å²) in [6.07, 6.45) is 1.13. The van der Waals surface area contributed by atoms with Crippen LogP contribution in [0.1, 0.15) is 12.8 Å². The average molecular weight is 337 g/mol. The van der Waals surface area contributed by atoms with Gasteiger partial charge in [0.1, 0.15) is 10.9 Å². The van der Waals surface area contributed by atoms with Gasteiger partial charge < -0.3 is 5.32 Å². The summed E-state index contributed by atoms with van der Waals surface area (Å²) in [5.74, 6) is -0.316. The number of sulfonamides is 1. The highest BCUT2D eigenvalue weighted by Gasteiger charge is 2.39. The predicted octanol–water partition coefficient (Wildman–Crippen LogP) is 1.89. The topological polar surface area (TPSA) is 66.5 Å². The molecule has 1 amide bonds. The fraction of sp³-hybridized carbons (Fsp3) is 0.417. The van der Waals surface area contributed by atoms with Crippen molar-refractivity contribution >= 4 is 39.1 Å². The molecule has 2 rings (SSSR count). The number of carbonyl (C=O) groups is 1. The molecule has 5 nitrogen and oxygen atoms in total. The highest BCUT2D eigenvalue weighted by molar-refractivity contribution is 7.89. The molecular formula is C12H14Cl2N2O3S. The lowest BCUT2D eigenvalue weighted by Crippen LogP contribution is -2.44. The van der Waals surface area contributed by atoms with Crippen molar-refractivity contribution in [3.63, 3.8) is 0 Å². The number of rotatable bonds is 3. The van der Waals surface area contributed by atoms with Gasteiger partial charge in [0.15, 0.2) is 0 Å². The number of carbonyl (C=O) groups excluding carboxylic acids is 1. The van der Waals surface area contributed by atoms with Gasteiger partial charge in [0.05, 0.1) is 5.02 Å². The van der Waals surface area contributed by atoms with Crippen molar-refractivity contribution in [2.75, 3.05) is 13.6 Å². The maximum Gasteiger partial charge on any atom is 0.245 e. The van der Waals surface area contributed by atoms with Crippen molar-refractivity contribution in [1.82, 2.24) is 9.62 Å². The zero-order chi connectivity index (χ0) is 14.9. The van der Waals surface area contributed by atoms with Crippen LogP contribution in [0.4, 0.5) is 0 Å². The summed E-state index contributed by atoms with van der Waals surface area (Å²) in [6.45, 7) is 0.295. The van der Waals surface area contributed by atoms with E-state index in [4.69, 9.17) is 23.2 Å². The molecule has 1 aliphatic rings. The fourth-order valence-corrected chi connectivity index (χ4v) is 4.65. The van der Waals surface area contributed by atoms with Crippen LogP contribution in [-0.4, -0.2) is 38.3 Å². The van der Waals surface area contributed by atoms with Crippen molar-refractivity contribution in [2.24, 2.45) is 0 Å². The third-order valence-electron chi connectivity index (χ3n) is 3.23. The monoisotopic (exact) mass is 336 g/mol. The van der Waals surface area contributed by atoms with E-state index in [2.05, 4.69) is 5.32 Å². The van der Waals surface area contributed by atoms with Crippen LogP contribution in [0.15, 0.2) is 23.1 Å². The highest BCUT2D eigenvalue weighted by atomic mass is 35.5. The van der Waals surface area contributed by atoms with Crippen molar-refractivity contribution in [3.05, 3.63) is 28.2 Å². The number of halogens is 2. The SMILES string of the molecule is CNC(=O)C1CCCN1S(=O)(=O)c1cc(Cl)ccc1Cl. The molecule has 0 aromatic heterocycles. The molecule has 20 heavy (non-hydrogen) atoms. The average Bonchev–Trinajstić information content (AvgIpc) is 2.90. The number of benzene rings is 1. The summed E-state index contributed by atoms with van der Waals surface area (Å²) >= 11 is 11.8. The molecule has 8 heteroatoms. The number of nitrogens with zero attached hydrogens (tertiary/aromatic N) is 1. The molecule has 0 spiro atoms. The Kier molecular flexibility index (Phi) is 4.59. The molecule has 1 N–H and O–H groups in total. The number of hydrogen-bond donors (Lipinski definition) is 1. The number of hydrogen-bond acceptors (Lipinski definition) is 3. The maximum absolute atomic E-state index is 12.6. The quantitative estimate of drug-likeness (QED) is 0.916. The first-order chi connectivity index (χ1) is 9.37. The molecule has 1 aromatic carbocycles. The lowest BCUT2D eigenvalue weighted by Gasteiger charge is -2.23. The van der Waals surface area contributed by atoms with Crippen LogP contribution < -0.4 is 5.32 Å². The molecule has 1 fully saturated rings. The molecule has 0 radical (unpaired) electrons. The standard InChI is InChI=1S/C12H14Cl2N2O3S/c1-15-12(17)10-3-2-6-16(10)20(18,19)11-7-8(13)4-5-9(11)14/h4-5,7,10H,2-3,6H2,1H3,(H,15,17). The van der Waals surface area contributed by atoms with Crippen LogP contribution in [0.25, 0.3) is 0 Å². The van der Waals surface area contributed by atoms with E-state index in [0.717, 1.165) is 0 Å². The van der Waals surface area contributed by atoms with E-state index in [1.807, 2.05) is 0 Å². The van der Waals surface area contributed by atoms with Crippen molar-refractivity contribution in [3.8, 4) is 0 Å². The van der Waals surface area contributed by atoms with Crippen LogP contribution in [0.2, 0.25) is 10.0 Å². The minimum absolute atomic E-state index is 0.0672. The molecule has 1 heterocycles. The van der Waals surface area contributed by atoms with Crippen LogP contribution in [-0.2, 0) is 14.8 Å². The third kappa shape index (κ3) is 2.79. The first kappa shape index (κ1) is 15.6. The predicted molar refractivity (Wildman–Crippen MR) is 77.4 cm³/mol. The van der Waals surface area contributed by atoms with Gasteiger partial charge >= 0.3 is 0 Å². The Hall–Kier alpha value is -0.820. The third-order valence-corrected chi connectivity index (χ3v) is 5.86. The molecule has 110 valence electrons. The Morgan fingerprint density at radius 2 is 2.10 bits per heavy atom. The van der Waals surface area contributed by atoms with Gasteiger partial charge in [0.25, 0.3) is 0 Å². The molecule has 1 atom stereocenters. The van der Waals surface area contributed by atoms with Gasteiger partial charge in [-0.2, -0.15) is 4.31 Å². The van der Waals surface area contributed by atoms with Crippen LogP contribution in [0, 0.1) is 0 Å². The van der Waals surface area contributed by atoms with E-state index < -0.39 is 16.1 Å². The lowest BCUT2D eigenvalue weighted by molar-refractivity contribution is -0.123. The summed E-state index contributed by atoms with van der Waals surface area (Å²) in [5, 5.41) is 2.86. The second-order valence-electron chi connectivity index (χ2n) is 4.46. The first-order valence-electron chi connectivity index (χ1n) is 6.06. The normalized spacial score (nSPS) is 20.1. The van der Waals surface area contributed by atoms with E-state index in [1.54, 1.807) is 0 Å². The van der Waals surface area contributed by atoms with Gasteiger partial charge in [0, 0.05) is 18.6 Å². The second kappa shape index (κ2) is 5.89. The molecule has 0 saturated carbocycles. The summed E-state index contributed by atoms with van der Waals surface area (Å²) in [6, 6.07) is 3.56. The highest BCUT2D eigenvalue weighted by Crippen LogP contribution is 2.31. The zero-order valence-corrected chi connectivity index (χ0v) is 13.1. The van der Waals surface area contributed by atoms with Gasteiger partial charge in [0.2, 0.25) is 15.9 Å². The molecule has 0 aliphatic carbocycles. The Balaban J connectivity index is 2.44. The number of amides is 1. The molecule has 0 bridgehead atoms. The fourth-order valence-electron chi connectivity index (χ4n) is 2.26. The van der Waals surface area contributed by atoms with Gasteiger partial charge in [-0.05, 0) is 31.0 Å². The van der Waals surface area contributed by atoms with Crippen LogP contribution >= 0.6 is 23.2 Å².